The first-order valence-corrected chi connectivity index (χ1v) is 11.3. The summed E-state index contributed by atoms with van der Waals surface area (Å²) in [7, 11) is 0. The molecule has 0 spiro atoms. The van der Waals surface area contributed by atoms with Gasteiger partial charge >= 0.3 is 0 Å². The number of benzene rings is 2. The Morgan fingerprint density at radius 1 is 1.17 bits per heavy atom. The molecular formula is C21H23IN4O2S. The summed E-state index contributed by atoms with van der Waals surface area (Å²) in [5.74, 6) is 1.73. The van der Waals surface area contributed by atoms with E-state index in [0.29, 0.717) is 18.3 Å². The van der Waals surface area contributed by atoms with Crippen molar-refractivity contribution in [1.29, 1.82) is 0 Å². The molecular weight excluding hydrogens is 499 g/mol. The molecule has 6 nitrogen and oxygen atoms in total. The van der Waals surface area contributed by atoms with Gasteiger partial charge in [0, 0.05) is 15.8 Å². The molecule has 0 aliphatic heterocycles. The van der Waals surface area contributed by atoms with Gasteiger partial charge in [-0.05, 0) is 78.8 Å². The van der Waals surface area contributed by atoms with E-state index in [-0.39, 0.29) is 11.7 Å². The maximum Gasteiger partial charge on any atom is 0.234 e. The number of hydrogen-bond donors (Lipinski definition) is 1. The number of aromatic nitrogens is 3. The SMILES string of the molecule is CCn1c(COc2ccccc2)nnc1SCC(=O)Nc1c(C)cc(I)cc1C. The summed E-state index contributed by atoms with van der Waals surface area (Å²) in [5.41, 5.74) is 3.00. The summed E-state index contributed by atoms with van der Waals surface area (Å²) in [6.45, 7) is 7.07. The number of thioether (sulfide) groups is 1. The molecule has 152 valence electrons. The molecule has 0 radical (unpaired) electrons. The Labute approximate surface area is 188 Å². The molecule has 0 fully saturated rings. The average Bonchev–Trinajstić information content (AvgIpc) is 3.10. The fourth-order valence-electron chi connectivity index (χ4n) is 2.93. The van der Waals surface area contributed by atoms with E-state index in [1.807, 2.05) is 55.7 Å². The molecule has 1 amide bonds. The minimum Gasteiger partial charge on any atom is -0.486 e. The molecule has 0 atom stereocenters. The third kappa shape index (κ3) is 5.72. The second-order valence-corrected chi connectivity index (χ2v) is 8.68. The van der Waals surface area contributed by atoms with Crippen LogP contribution >= 0.6 is 34.4 Å². The lowest BCUT2D eigenvalue weighted by Gasteiger charge is -2.12. The number of ether oxygens (including phenoxy) is 1. The van der Waals surface area contributed by atoms with Gasteiger partial charge < -0.3 is 14.6 Å². The van der Waals surface area contributed by atoms with Gasteiger partial charge in [0.2, 0.25) is 5.91 Å². The standard InChI is InChI=1S/C21H23IN4O2S/c1-4-26-18(12-28-17-8-6-5-7-9-17)24-25-21(26)29-13-19(27)23-20-14(2)10-16(22)11-15(20)3/h5-11H,4,12-13H2,1-3H3,(H,23,27). The largest absolute Gasteiger partial charge is 0.486 e. The van der Waals surface area contributed by atoms with E-state index in [1.165, 1.54) is 11.8 Å². The smallest absolute Gasteiger partial charge is 0.234 e. The van der Waals surface area contributed by atoms with Crippen molar-refractivity contribution in [1.82, 2.24) is 14.8 Å². The van der Waals surface area contributed by atoms with Crippen molar-refractivity contribution < 1.29 is 9.53 Å². The molecule has 0 saturated carbocycles. The van der Waals surface area contributed by atoms with Crippen LogP contribution in [0.25, 0.3) is 0 Å². The molecule has 0 aliphatic rings. The van der Waals surface area contributed by atoms with Crippen LogP contribution in [-0.4, -0.2) is 26.4 Å². The highest BCUT2D eigenvalue weighted by Gasteiger charge is 2.15. The summed E-state index contributed by atoms with van der Waals surface area (Å²) in [6.07, 6.45) is 0. The summed E-state index contributed by atoms with van der Waals surface area (Å²) in [4.78, 5) is 12.5. The van der Waals surface area contributed by atoms with Gasteiger partial charge in [0.05, 0.1) is 5.75 Å². The highest BCUT2D eigenvalue weighted by molar-refractivity contribution is 14.1. The molecule has 3 aromatic rings. The summed E-state index contributed by atoms with van der Waals surface area (Å²) in [6, 6.07) is 13.7. The maximum absolute atomic E-state index is 12.5. The van der Waals surface area contributed by atoms with Crippen LogP contribution in [0.4, 0.5) is 5.69 Å². The third-order valence-corrected chi connectivity index (χ3v) is 5.90. The molecule has 0 unspecified atom stereocenters. The van der Waals surface area contributed by atoms with Crippen molar-refractivity contribution in [3.8, 4) is 5.75 Å². The Morgan fingerprint density at radius 2 is 1.86 bits per heavy atom. The molecule has 0 bridgehead atoms. The first kappa shape index (κ1) is 21.6. The van der Waals surface area contributed by atoms with E-state index >= 15 is 0 Å². The summed E-state index contributed by atoms with van der Waals surface area (Å²) in [5, 5.41) is 12.2. The molecule has 0 saturated heterocycles. The Balaban J connectivity index is 1.60. The average molecular weight is 522 g/mol. The fraction of sp³-hybridized carbons (Fsp3) is 0.286. The zero-order valence-corrected chi connectivity index (χ0v) is 19.6. The number of rotatable bonds is 8. The summed E-state index contributed by atoms with van der Waals surface area (Å²) < 4.78 is 8.91. The third-order valence-electron chi connectivity index (χ3n) is 4.32. The Morgan fingerprint density at radius 3 is 2.52 bits per heavy atom. The van der Waals surface area contributed by atoms with Crippen molar-refractivity contribution in [3.63, 3.8) is 0 Å². The van der Waals surface area contributed by atoms with Gasteiger partial charge in [0.25, 0.3) is 0 Å². The van der Waals surface area contributed by atoms with Crippen LogP contribution in [0.2, 0.25) is 0 Å². The molecule has 8 heteroatoms. The number of anilines is 1. The highest BCUT2D eigenvalue weighted by Crippen LogP contribution is 2.24. The number of nitrogens with zero attached hydrogens (tertiary/aromatic N) is 3. The van der Waals surface area contributed by atoms with Crippen LogP contribution in [0.5, 0.6) is 5.75 Å². The Hall–Kier alpha value is -2.07. The number of nitrogens with one attached hydrogen (secondary N) is 1. The van der Waals surface area contributed by atoms with Crippen LogP contribution in [-0.2, 0) is 17.9 Å². The van der Waals surface area contributed by atoms with Gasteiger partial charge in [-0.15, -0.1) is 10.2 Å². The lowest BCUT2D eigenvalue weighted by atomic mass is 10.1. The Kier molecular flexibility index (Phi) is 7.54. The van der Waals surface area contributed by atoms with Gasteiger partial charge in [-0.3, -0.25) is 4.79 Å². The molecule has 29 heavy (non-hydrogen) atoms. The van der Waals surface area contributed by atoms with Crippen LogP contribution in [0, 0.1) is 17.4 Å². The summed E-state index contributed by atoms with van der Waals surface area (Å²) >= 11 is 3.66. The highest BCUT2D eigenvalue weighted by atomic mass is 127. The van der Waals surface area contributed by atoms with E-state index in [4.69, 9.17) is 4.74 Å². The number of carbonyl (C=O) groups is 1. The van der Waals surface area contributed by atoms with Crippen molar-refractivity contribution in [2.45, 2.75) is 39.1 Å². The molecule has 1 N–H and O–H groups in total. The number of halogens is 1. The van der Waals surface area contributed by atoms with Crippen molar-refractivity contribution in [2.24, 2.45) is 0 Å². The van der Waals surface area contributed by atoms with Gasteiger partial charge in [-0.1, -0.05) is 30.0 Å². The lowest BCUT2D eigenvalue weighted by Crippen LogP contribution is -2.16. The number of amides is 1. The molecule has 2 aromatic carbocycles. The van der Waals surface area contributed by atoms with E-state index in [9.17, 15) is 4.79 Å². The predicted molar refractivity (Wildman–Crippen MR) is 124 cm³/mol. The number of aryl methyl sites for hydroxylation is 2. The normalized spacial score (nSPS) is 10.8. The monoisotopic (exact) mass is 522 g/mol. The predicted octanol–water partition coefficient (Wildman–Crippen LogP) is 4.83. The lowest BCUT2D eigenvalue weighted by molar-refractivity contribution is -0.113. The van der Waals surface area contributed by atoms with E-state index < -0.39 is 0 Å². The van der Waals surface area contributed by atoms with E-state index in [1.54, 1.807) is 0 Å². The van der Waals surface area contributed by atoms with Crippen LogP contribution in [0.1, 0.15) is 23.9 Å². The van der Waals surface area contributed by atoms with E-state index in [2.05, 4.69) is 50.2 Å². The molecule has 1 heterocycles. The van der Waals surface area contributed by atoms with Crippen molar-refractivity contribution in [2.75, 3.05) is 11.1 Å². The number of para-hydroxylation sites is 1. The molecule has 3 rings (SSSR count). The van der Waals surface area contributed by atoms with E-state index in [0.717, 1.165) is 32.0 Å². The molecule has 1 aromatic heterocycles. The first-order chi connectivity index (χ1) is 14.0. The van der Waals surface area contributed by atoms with Crippen molar-refractivity contribution in [3.05, 3.63) is 63.0 Å². The van der Waals surface area contributed by atoms with Crippen LogP contribution in [0.3, 0.4) is 0 Å². The second kappa shape index (κ2) is 10.1. The fourth-order valence-corrected chi connectivity index (χ4v) is 4.68. The zero-order chi connectivity index (χ0) is 20.8. The maximum atomic E-state index is 12.5. The van der Waals surface area contributed by atoms with Gasteiger partial charge in [-0.2, -0.15) is 0 Å². The van der Waals surface area contributed by atoms with Crippen molar-refractivity contribution >= 4 is 45.9 Å². The van der Waals surface area contributed by atoms with Gasteiger partial charge in [0.1, 0.15) is 12.4 Å². The Bertz CT molecular complexity index is 969. The van der Waals surface area contributed by atoms with Crippen LogP contribution in [0.15, 0.2) is 47.6 Å². The quantitative estimate of drug-likeness (QED) is 0.339. The number of carbonyl (C=O) groups excluding carboxylic acids is 1. The number of hydrogen-bond acceptors (Lipinski definition) is 5. The van der Waals surface area contributed by atoms with Gasteiger partial charge in [-0.25, -0.2) is 0 Å². The molecule has 0 aliphatic carbocycles. The van der Waals surface area contributed by atoms with Crippen LogP contribution < -0.4 is 10.1 Å². The topological polar surface area (TPSA) is 69.0 Å². The minimum atomic E-state index is -0.0600. The first-order valence-electron chi connectivity index (χ1n) is 9.27. The zero-order valence-electron chi connectivity index (χ0n) is 16.6. The second-order valence-electron chi connectivity index (χ2n) is 6.50. The minimum absolute atomic E-state index is 0.0600. The van der Waals surface area contributed by atoms with Gasteiger partial charge in [0.15, 0.2) is 11.0 Å².